The number of methoxy groups -OCH3 is 1. The molecule has 1 rings (SSSR count). The minimum atomic E-state index is -0.301. The van der Waals surface area contributed by atoms with Crippen LogP contribution >= 0.6 is 0 Å². The number of ether oxygens (including phenoxy) is 1. The molecular formula is C15H24FNO. The van der Waals surface area contributed by atoms with Gasteiger partial charge in [-0.3, -0.25) is 0 Å². The molecule has 0 aromatic heterocycles. The van der Waals surface area contributed by atoms with Crippen LogP contribution in [-0.2, 0) is 0 Å². The highest BCUT2D eigenvalue weighted by molar-refractivity contribution is 5.30. The van der Waals surface area contributed by atoms with Crippen LogP contribution in [0, 0.1) is 5.82 Å². The van der Waals surface area contributed by atoms with Crippen molar-refractivity contribution in [3.8, 4) is 5.75 Å². The standard InChI is InChI=1S/C15H24FNO/c1-5-6-7-11(2)17-12(3)13-8-9-15(18-4)14(16)10-13/h8-12,17H,5-7H2,1-4H3. The third-order valence-electron chi connectivity index (χ3n) is 3.20. The van der Waals surface area contributed by atoms with E-state index in [9.17, 15) is 4.39 Å². The van der Waals surface area contributed by atoms with Gasteiger partial charge in [-0.2, -0.15) is 0 Å². The first kappa shape index (κ1) is 15.0. The molecule has 0 aliphatic carbocycles. The summed E-state index contributed by atoms with van der Waals surface area (Å²) in [6.45, 7) is 6.42. The van der Waals surface area contributed by atoms with Gasteiger partial charge >= 0.3 is 0 Å². The Morgan fingerprint density at radius 1 is 1.33 bits per heavy atom. The van der Waals surface area contributed by atoms with E-state index >= 15 is 0 Å². The highest BCUT2D eigenvalue weighted by Gasteiger charge is 2.11. The van der Waals surface area contributed by atoms with E-state index in [1.807, 2.05) is 6.07 Å². The second-order valence-corrected chi connectivity index (χ2v) is 4.83. The lowest BCUT2D eigenvalue weighted by Gasteiger charge is -2.20. The van der Waals surface area contributed by atoms with Crippen LogP contribution < -0.4 is 10.1 Å². The molecule has 2 nitrogen and oxygen atoms in total. The fourth-order valence-corrected chi connectivity index (χ4v) is 2.07. The van der Waals surface area contributed by atoms with E-state index in [1.54, 1.807) is 12.1 Å². The van der Waals surface area contributed by atoms with Gasteiger partial charge in [0.15, 0.2) is 11.6 Å². The fourth-order valence-electron chi connectivity index (χ4n) is 2.07. The van der Waals surface area contributed by atoms with Crippen molar-refractivity contribution < 1.29 is 9.13 Å². The van der Waals surface area contributed by atoms with Crippen molar-refractivity contribution in [3.05, 3.63) is 29.6 Å². The minimum Gasteiger partial charge on any atom is -0.494 e. The Morgan fingerprint density at radius 2 is 2.06 bits per heavy atom. The van der Waals surface area contributed by atoms with Gasteiger partial charge in [0.2, 0.25) is 0 Å². The summed E-state index contributed by atoms with van der Waals surface area (Å²) >= 11 is 0. The van der Waals surface area contributed by atoms with Crippen LogP contribution in [0.25, 0.3) is 0 Å². The van der Waals surface area contributed by atoms with Crippen molar-refractivity contribution in [2.24, 2.45) is 0 Å². The van der Waals surface area contributed by atoms with Gasteiger partial charge in [-0.15, -0.1) is 0 Å². The minimum absolute atomic E-state index is 0.150. The quantitative estimate of drug-likeness (QED) is 0.791. The zero-order chi connectivity index (χ0) is 13.5. The molecule has 102 valence electrons. The Kier molecular flexibility index (Phi) is 6.13. The summed E-state index contributed by atoms with van der Waals surface area (Å²) < 4.78 is 18.5. The molecule has 1 N–H and O–H groups in total. The van der Waals surface area contributed by atoms with Gasteiger partial charge in [0.25, 0.3) is 0 Å². The number of rotatable bonds is 7. The number of nitrogens with one attached hydrogen (secondary N) is 1. The summed E-state index contributed by atoms with van der Waals surface area (Å²) in [4.78, 5) is 0. The fraction of sp³-hybridized carbons (Fsp3) is 0.600. The van der Waals surface area contributed by atoms with Crippen molar-refractivity contribution in [1.82, 2.24) is 5.32 Å². The van der Waals surface area contributed by atoms with Gasteiger partial charge in [-0.1, -0.05) is 25.8 Å². The lowest BCUT2D eigenvalue weighted by molar-refractivity contribution is 0.384. The third kappa shape index (κ3) is 4.30. The SMILES string of the molecule is CCCCC(C)NC(C)c1ccc(OC)c(F)c1. The number of benzene rings is 1. The summed E-state index contributed by atoms with van der Waals surface area (Å²) in [6, 6.07) is 5.73. The topological polar surface area (TPSA) is 21.3 Å². The molecule has 1 aromatic rings. The van der Waals surface area contributed by atoms with Crippen LogP contribution in [0.2, 0.25) is 0 Å². The zero-order valence-electron chi connectivity index (χ0n) is 11.8. The predicted molar refractivity (Wildman–Crippen MR) is 73.5 cm³/mol. The second-order valence-electron chi connectivity index (χ2n) is 4.83. The molecule has 1 aromatic carbocycles. The molecule has 0 spiro atoms. The molecule has 0 radical (unpaired) electrons. The third-order valence-corrected chi connectivity index (χ3v) is 3.20. The van der Waals surface area contributed by atoms with Crippen LogP contribution in [0.1, 0.15) is 51.6 Å². The average molecular weight is 253 g/mol. The second kappa shape index (κ2) is 7.37. The summed E-state index contributed by atoms with van der Waals surface area (Å²) in [7, 11) is 1.48. The molecule has 0 amide bonds. The molecule has 18 heavy (non-hydrogen) atoms. The van der Waals surface area contributed by atoms with Crippen molar-refractivity contribution in [1.29, 1.82) is 0 Å². The van der Waals surface area contributed by atoms with Gasteiger partial charge in [0.05, 0.1) is 7.11 Å². The average Bonchev–Trinajstić information content (AvgIpc) is 2.36. The summed E-state index contributed by atoms with van der Waals surface area (Å²) in [6.07, 6.45) is 3.58. The Bertz CT molecular complexity index is 368. The summed E-state index contributed by atoms with van der Waals surface area (Å²) in [5.41, 5.74) is 0.955. The Hall–Kier alpha value is -1.09. The van der Waals surface area contributed by atoms with Gasteiger partial charge in [0, 0.05) is 12.1 Å². The molecular weight excluding hydrogens is 229 g/mol. The molecule has 0 saturated carbocycles. The molecule has 0 saturated heterocycles. The maximum Gasteiger partial charge on any atom is 0.165 e. The molecule has 0 aliphatic rings. The van der Waals surface area contributed by atoms with Crippen molar-refractivity contribution in [2.45, 2.75) is 52.1 Å². The molecule has 0 aliphatic heterocycles. The number of hydrogen-bond donors (Lipinski definition) is 1. The van der Waals surface area contributed by atoms with E-state index in [2.05, 4.69) is 26.1 Å². The zero-order valence-corrected chi connectivity index (χ0v) is 11.8. The van der Waals surface area contributed by atoms with E-state index < -0.39 is 0 Å². The van der Waals surface area contributed by atoms with Crippen LogP contribution in [0.4, 0.5) is 4.39 Å². The largest absolute Gasteiger partial charge is 0.494 e. The molecule has 0 heterocycles. The Balaban J connectivity index is 2.61. The van der Waals surface area contributed by atoms with Gasteiger partial charge in [-0.25, -0.2) is 4.39 Å². The van der Waals surface area contributed by atoms with E-state index in [0.29, 0.717) is 11.8 Å². The highest BCUT2D eigenvalue weighted by atomic mass is 19.1. The van der Waals surface area contributed by atoms with Gasteiger partial charge < -0.3 is 10.1 Å². The van der Waals surface area contributed by atoms with Crippen molar-refractivity contribution in [2.75, 3.05) is 7.11 Å². The lowest BCUT2D eigenvalue weighted by atomic mass is 10.1. The number of halogens is 1. The molecule has 2 atom stereocenters. The maximum absolute atomic E-state index is 13.6. The van der Waals surface area contributed by atoms with E-state index in [0.717, 1.165) is 12.0 Å². The van der Waals surface area contributed by atoms with Crippen LogP contribution in [0.3, 0.4) is 0 Å². The maximum atomic E-state index is 13.6. The predicted octanol–water partition coefficient (Wildman–Crippen LogP) is 4.06. The van der Waals surface area contributed by atoms with E-state index in [4.69, 9.17) is 4.74 Å². The molecule has 0 bridgehead atoms. The molecule has 2 unspecified atom stereocenters. The number of hydrogen-bond acceptors (Lipinski definition) is 2. The van der Waals surface area contributed by atoms with Gasteiger partial charge in [0.1, 0.15) is 0 Å². The van der Waals surface area contributed by atoms with Crippen molar-refractivity contribution in [3.63, 3.8) is 0 Å². The Morgan fingerprint density at radius 3 is 2.61 bits per heavy atom. The van der Waals surface area contributed by atoms with E-state index in [-0.39, 0.29) is 11.9 Å². The highest BCUT2D eigenvalue weighted by Crippen LogP contribution is 2.22. The smallest absolute Gasteiger partial charge is 0.165 e. The summed E-state index contributed by atoms with van der Waals surface area (Å²) in [5.74, 6) is -0.00478. The first-order valence-corrected chi connectivity index (χ1v) is 6.68. The Labute approximate surface area is 110 Å². The van der Waals surface area contributed by atoms with Gasteiger partial charge in [-0.05, 0) is 38.0 Å². The normalized spacial score (nSPS) is 14.3. The van der Waals surface area contributed by atoms with Crippen molar-refractivity contribution >= 4 is 0 Å². The first-order valence-electron chi connectivity index (χ1n) is 6.68. The van der Waals surface area contributed by atoms with E-state index in [1.165, 1.54) is 20.0 Å². The summed E-state index contributed by atoms with van der Waals surface area (Å²) in [5, 5.41) is 3.49. The lowest BCUT2D eigenvalue weighted by Crippen LogP contribution is -2.28. The number of unbranched alkanes of at least 4 members (excludes halogenated alkanes) is 1. The van der Waals surface area contributed by atoms with Crippen LogP contribution in [0.5, 0.6) is 5.75 Å². The molecule has 0 fully saturated rings. The van der Waals surface area contributed by atoms with Crippen LogP contribution in [-0.4, -0.2) is 13.2 Å². The molecule has 3 heteroatoms. The first-order chi connectivity index (χ1) is 8.58. The monoisotopic (exact) mass is 253 g/mol. The van der Waals surface area contributed by atoms with Crippen LogP contribution in [0.15, 0.2) is 18.2 Å².